The van der Waals surface area contributed by atoms with Gasteiger partial charge in [0.1, 0.15) is 0 Å². The molecule has 0 aromatic heterocycles. The van der Waals surface area contributed by atoms with Crippen LogP contribution in [0.5, 0.6) is 0 Å². The molecule has 0 aliphatic heterocycles. The molecule has 1 rings (SSSR count). The Labute approximate surface area is 102 Å². The number of ether oxygens (including phenoxy) is 1. The minimum atomic E-state index is -0.124. The minimum Gasteiger partial charge on any atom is -0.466 e. The fourth-order valence-electron chi connectivity index (χ4n) is 1.42. The number of hydrogen-bond acceptors (Lipinski definition) is 3. The molecule has 4 heteroatoms. The zero-order valence-electron chi connectivity index (χ0n) is 9.44. The van der Waals surface area contributed by atoms with Crippen LogP contribution in [-0.4, -0.2) is 12.6 Å². The molecule has 0 amide bonds. The number of anilines is 1. The predicted octanol–water partition coefficient (Wildman–Crippen LogP) is 2.58. The van der Waals surface area contributed by atoms with Gasteiger partial charge in [-0.15, -0.1) is 12.4 Å². The molecule has 0 spiro atoms. The predicted molar refractivity (Wildman–Crippen MR) is 67.7 cm³/mol. The van der Waals surface area contributed by atoms with Crippen LogP contribution in [0.3, 0.4) is 0 Å². The summed E-state index contributed by atoms with van der Waals surface area (Å²) in [6, 6.07) is 7.73. The Morgan fingerprint density at radius 3 is 2.81 bits per heavy atom. The molecule has 0 unspecified atom stereocenters. The average molecular weight is 244 g/mol. The summed E-state index contributed by atoms with van der Waals surface area (Å²) < 4.78 is 4.84. The molecule has 0 aliphatic rings. The molecule has 0 radical (unpaired) electrons. The van der Waals surface area contributed by atoms with Gasteiger partial charge in [-0.1, -0.05) is 12.1 Å². The molecule has 0 saturated heterocycles. The number of nitrogen functional groups attached to an aromatic ring is 1. The Hall–Kier alpha value is -1.22. The molecule has 0 saturated carbocycles. The highest BCUT2D eigenvalue weighted by molar-refractivity contribution is 5.85. The zero-order valence-corrected chi connectivity index (χ0v) is 10.3. The first-order valence-electron chi connectivity index (χ1n) is 5.22. The second-order valence-corrected chi connectivity index (χ2v) is 3.40. The van der Waals surface area contributed by atoms with Crippen molar-refractivity contribution < 1.29 is 9.53 Å². The van der Waals surface area contributed by atoms with Crippen molar-refractivity contribution in [2.45, 2.75) is 26.2 Å². The monoisotopic (exact) mass is 243 g/mol. The van der Waals surface area contributed by atoms with E-state index < -0.39 is 0 Å². The van der Waals surface area contributed by atoms with Crippen molar-refractivity contribution in [2.75, 3.05) is 12.3 Å². The lowest BCUT2D eigenvalue weighted by molar-refractivity contribution is -0.143. The normalized spacial score (nSPS) is 9.31. The highest BCUT2D eigenvalue weighted by Gasteiger charge is 2.01. The number of carbonyl (C=O) groups is 1. The van der Waals surface area contributed by atoms with E-state index in [4.69, 9.17) is 10.5 Å². The van der Waals surface area contributed by atoms with E-state index in [9.17, 15) is 4.79 Å². The maximum atomic E-state index is 11.1. The van der Waals surface area contributed by atoms with Crippen molar-refractivity contribution in [3.8, 4) is 0 Å². The van der Waals surface area contributed by atoms with E-state index in [2.05, 4.69) is 0 Å². The summed E-state index contributed by atoms with van der Waals surface area (Å²) in [7, 11) is 0. The van der Waals surface area contributed by atoms with Crippen LogP contribution in [0.4, 0.5) is 5.69 Å². The molecule has 0 aliphatic carbocycles. The summed E-state index contributed by atoms with van der Waals surface area (Å²) in [5.41, 5.74) is 7.58. The lowest BCUT2D eigenvalue weighted by atomic mass is 10.1. The molecule has 90 valence electrons. The number of rotatable bonds is 5. The highest BCUT2D eigenvalue weighted by Crippen LogP contribution is 2.09. The first-order valence-corrected chi connectivity index (χ1v) is 5.22. The number of nitrogens with two attached hydrogens (primary N) is 1. The smallest absolute Gasteiger partial charge is 0.305 e. The summed E-state index contributed by atoms with van der Waals surface area (Å²) in [5, 5.41) is 0. The Bertz CT molecular complexity index is 329. The molecule has 3 nitrogen and oxygen atoms in total. The number of aryl methyl sites for hydroxylation is 1. The van der Waals surface area contributed by atoms with Gasteiger partial charge in [-0.2, -0.15) is 0 Å². The molecule has 0 atom stereocenters. The Morgan fingerprint density at radius 1 is 1.44 bits per heavy atom. The van der Waals surface area contributed by atoms with Crippen LogP contribution in [0.25, 0.3) is 0 Å². The van der Waals surface area contributed by atoms with Gasteiger partial charge in [-0.25, -0.2) is 0 Å². The van der Waals surface area contributed by atoms with Gasteiger partial charge in [-0.3, -0.25) is 4.79 Å². The summed E-state index contributed by atoms with van der Waals surface area (Å²) in [6.45, 7) is 2.27. The quantitative estimate of drug-likeness (QED) is 0.639. The van der Waals surface area contributed by atoms with E-state index in [1.165, 1.54) is 5.56 Å². The molecule has 0 fully saturated rings. The SMILES string of the molecule is CCOC(=O)CCCc1cccc(N)c1.Cl. The van der Waals surface area contributed by atoms with Crippen molar-refractivity contribution in [3.63, 3.8) is 0 Å². The van der Waals surface area contributed by atoms with Crippen LogP contribution in [0.2, 0.25) is 0 Å². The summed E-state index contributed by atoms with van der Waals surface area (Å²) >= 11 is 0. The third-order valence-electron chi connectivity index (χ3n) is 2.10. The number of benzene rings is 1. The van der Waals surface area contributed by atoms with Crippen molar-refractivity contribution in [1.82, 2.24) is 0 Å². The maximum absolute atomic E-state index is 11.1. The van der Waals surface area contributed by atoms with Crippen molar-refractivity contribution >= 4 is 24.1 Å². The van der Waals surface area contributed by atoms with Crippen molar-refractivity contribution in [2.24, 2.45) is 0 Å². The number of carbonyl (C=O) groups excluding carboxylic acids is 1. The van der Waals surface area contributed by atoms with Crippen molar-refractivity contribution in [3.05, 3.63) is 29.8 Å². The molecular formula is C12H18ClNO2. The zero-order chi connectivity index (χ0) is 11.1. The van der Waals surface area contributed by atoms with Crippen LogP contribution in [0.1, 0.15) is 25.3 Å². The van der Waals surface area contributed by atoms with Crippen LogP contribution in [0, 0.1) is 0 Å². The molecule has 16 heavy (non-hydrogen) atoms. The largest absolute Gasteiger partial charge is 0.466 e. The standard InChI is InChI=1S/C12H17NO2.ClH/c1-2-15-12(14)8-4-6-10-5-3-7-11(13)9-10;/h3,5,7,9H,2,4,6,8,13H2,1H3;1H. The first-order chi connectivity index (χ1) is 7.22. The summed E-state index contributed by atoms with van der Waals surface area (Å²) in [4.78, 5) is 11.1. The van der Waals surface area contributed by atoms with E-state index in [0.29, 0.717) is 13.0 Å². The molecule has 1 aromatic rings. The van der Waals surface area contributed by atoms with Crippen LogP contribution < -0.4 is 5.73 Å². The van der Waals surface area contributed by atoms with Crippen LogP contribution >= 0.6 is 12.4 Å². The second kappa shape index (κ2) is 7.99. The van der Waals surface area contributed by atoms with E-state index in [1.807, 2.05) is 31.2 Å². The van der Waals surface area contributed by atoms with Crippen LogP contribution in [0.15, 0.2) is 24.3 Å². The van der Waals surface area contributed by atoms with Gasteiger partial charge >= 0.3 is 5.97 Å². The third kappa shape index (κ3) is 5.61. The topological polar surface area (TPSA) is 52.3 Å². The second-order valence-electron chi connectivity index (χ2n) is 3.40. The number of esters is 1. The Kier molecular flexibility index (Phi) is 7.38. The first kappa shape index (κ1) is 14.8. The lowest BCUT2D eigenvalue weighted by Gasteiger charge is -2.03. The van der Waals surface area contributed by atoms with E-state index in [1.54, 1.807) is 0 Å². The Morgan fingerprint density at radius 2 is 2.19 bits per heavy atom. The molecule has 0 heterocycles. The van der Waals surface area contributed by atoms with E-state index in [-0.39, 0.29) is 18.4 Å². The molecule has 0 bridgehead atoms. The number of halogens is 1. The summed E-state index contributed by atoms with van der Waals surface area (Å²) in [5.74, 6) is -0.124. The number of hydrogen-bond donors (Lipinski definition) is 1. The molecular weight excluding hydrogens is 226 g/mol. The van der Waals surface area contributed by atoms with Gasteiger partial charge in [-0.05, 0) is 37.5 Å². The van der Waals surface area contributed by atoms with Gasteiger partial charge < -0.3 is 10.5 Å². The van der Waals surface area contributed by atoms with Gasteiger partial charge in [0, 0.05) is 12.1 Å². The average Bonchev–Trinajstić information content (AvgIpc) is 2.18. The van der Waals surface area contributed by atoms with E-state index in [0.717, 1.165) is 18.5 Å². The fraction of sp³-hybridized carbons (Fsp3) is 0.417. The van der Waals surface area contributed by atoms with Gasteiger partial charge in [0.25, 0.3) is 0 Å². The highest BCUT2D eigenvalue weighted by atomic mass is 35.5. The Balaban J connectivity index is 0.00000225. The third-order valence-corrected chi connectivity index (χ3v) is 2.10. The van der Waals surface area contributed by atoms with E-state index >= 15 is 0 Å². The fourth-order valence-corrected chi connectivity index (χ4v) is 1.42. The maximum Gasteiger partial charge on any atom is 0.305 e. The van der Waals surface area contributed by atoms with Gasteiger partial charge in [0.05, 0.1) is 6.61 Å². The van der Waals surface area contributed by atoms with Gasteiger partial charge in [0.2, 0.25) is 0 Å². The lowest BCUT2D eigenvalue weighted by Crippen LogP contribution is -2.04. The molecule has 2 N–H and O–H groups in total. The van der Waals surface area contributed by atoms with Crippen LogP contribution in [-0.2, 0) is 16.0 Å². The molecule has 1 aromatic carbocycles. The van der Waals surface area contributed by atoms with Gasteiger partial charge in [0.15, 0.2) is 0 Å². The summed E-state index contributed by atoms with van der Waals surface area (Å²) in [6.07, 6.45) is 2.15. The minimum absolute atomic E-state index is 0. The van der Waals surface area contributed by atoms with Crippen molar-refractivity contribution in [1.29, 1.82) is 0 Å².